The van der Waals surface area contributed by atoms with Gasteiger partial charge in [-0.25, -0.2) is 0 Å². The highest BCUT2D eigenvalue weighted by Crippen LogP contribution is 2.20. The molecule has 0 N–H and O–H groups in total. The third-order valence-electron chi connectivity index (χ3n) is 2.05. The van der Waals surface area contributed by atoms with Crippen LogP contribution in [0.2, 0.25) is 0 Å². The molecule has 0 spiro atoms. The Morgan fingerprint density at radius 1 is 1.50 bits per heavy atom. The molecule has 0 saturated heterocycles. The SMILES string of the molecule is CCC(C(=O)N=[N+]=[N-])c1ccccc1. The zero-order valence-electron chi connectivity index (χ0n) is 7.92. The maximum atomic E-state index is 11.4. The van der Waals surface area contributed by atoms with E-state index in [1.807, 2.05) is 37.3 Å². The van der Waals surface area contributed by atoms with Gasteiger partial charge in [-0.15, -0.1) is 0 Å². The van der Waals surface area contributed by atoms with Crippen molar-refractivity contribution in [1.29, 1.82) is 0 Å². The largest absolute Gasteiger partial charge is 0.292 e. The van der Waals surface area contributed by atoms with Crippen molar-refractivity contribution < 1.29 is 4.79 Å². The van der Waals surface area contributed by atoms with Gasteiger partial charge in [-0.2, -0.15) is 0 Å². The van der Waals surface area contributed by atoms with Crippen molar-refractivity contribution in [3.63, 3.8) is 0 Å². The lowest BCUT2D eigenvalue weighted by Gasteiger charge is -2.09. The maximum absolute atomic E-state index is 11.4. The van der Waals surface area contributed by atoms with E-state index in [1.165, 1.54) is 0 Å². The van der Waals surface area contributed by atoms with Crippen LogP contribution >= 0.6 is 0 Å². The lowest BCUT2D eigenvalue weighted by molar-refractivity contribution is -0.119. The van der Waals surface area contributed by atoms with Crippen LogP contribution in [0.5, 0.6) is 0 Å². The number of rotatable bonds is 3. The van der Waals surface area contributed by atoms with Crippen molar-refractivity contribution in [2.75, 3.05) is 0 Å². The Balaban J connectivity index is 2.93. The Hall–Kier alpha value is -1.80. The third-order valence-corrected chi connectivity index (χ3v) is 2.05. The van der Waals surface area contributed by atoms with E-state index < -0.39 is 5.91 Å². The van der Waals surface area contributed by atoms with Gasteiger partial charge in [0, 0.05) is 10.8 Å². The van der Waals surface area contributed by atoms with Gasteiger partial charge in [0.1, 0.15) is 0 Å². The van der Waals surface area contributed by atoms with Crippen LogP contribution < -0.4 is 0 Å². The van der Waals surface area contributed by atoms with Crippen molar-refractivity contribution in [3.8, 4) is 0 Å². The van der Waals surface area contributed by atoms with Gasteiger partial charge in [-0.05, 0) is 22.6 Å². The predicted octanol–water partition coefficient (Wildman–Crippen LogP) is 3.02. The minimum atomic E-state index is -0.416. The number of nitrogens with zero attached hydrogens (tertiary/aromatic N) is 3. The molecule has 0 bridgehead atoms. The zero-order valence-corrected chi connectivity index (χ0v) is 7.92. The minimum absolute atomic E-state index is 0.313. The lowest BCUT2D eigenvalue weighted by atomic mass is 9.96. The molecule has 1 amide bonds. The first-order valence-corrected chi connectivity index (χ1v) is 4.43. The Morgan fingerprint density at radius 3 is 2.64 bits per heavy atom. The number of hydrogen-bond acceptors (Lipinski definition) is 1. The molecule has 0 heterocycles. The number of hydrogen-bond donors (Lipinski definition) is 0. The van der Waals surface area contributed by atoms with Crippen LogP contribution in [-0.2, 0) is 4.79 Å². The molecule has 0 fully saturated rings. The van der Waals surface area contributed by atoms with Gasteiger partial charge < -0.3 is 0 Å². The van der Waals surface area contributed by atoms with Gasteiger partial charge in [0.05, 0.1) is 0 Å². The van der Waals surface area contributed by atoms with Crippen molar-refractivity contribution in [2.45, 2.75) is 19.3 Å². The van der Waals surface area contributed by atoms with E-state index in [1.54, 1.807) is 0 Å². The van der Waals surface area contributed by atoms with Crippen LogP contribution in [-0.4, -0.2) is 5.91 Å². The van der Waals surface area contributed by atoms with Crippen molar-refractivity contribution in [1.82, 2.24) is 0 Å². The molecule has 14 heavy (non-hydrogen) atoms. The van der Waals surface area contributed by atoms with Crippen molar-refractivity contribution in [3.05, 3.63) is 46.3 Å². The number of carbonyl (C=O) groups is 1. The standard InChI is InChI=1S/C10H11N3O/c1-2-9(10(14)12-13-11)8-6-4-3-5-7-8/h3-7,9H,2H2,1H3. The molecule has 0 aliphatic rings. The Labute approximate surface area is 82.2 Å². The molecule has 0 saturated carbocycles. The van der Waals surface area contributed by atoms with E-state index in [0.717, 1.165) is 5.56 Å². The van der Waals surface area contributed by atoms with Gasteiger partial charge in [-0.3, -0.25) is 4.79 Å². The van der Waals surface area contributed by atoms with Gasteiger partial charge in [-0.1, -0.05) is 37.3 Å². The molecule has 0 radical (unpaired) electrons. The summed E-state index contributed by atoms with van der Waals surface area (Å²) >= 11 is 0. The molecule has 0 aliphatic carbocycles. The molecule has 72 valence electrons. The quantitative estimate of drug-likeness (QED) is 0.409. The fourth-order valence-corrected chi connectivity index (χ4v) is 1.35. The summed E-state index contributed by atoms with van der Waals surface area (Å²) in [5.74, 6) is -0.728. The van der Waals surface area contributed by atoms with Gasteiger partial charge >= 0.3 is 0 Å². The zero-order chi connectivity index (χ0) is 10.4. The van der Waals surface area contributed by atoms with Crippen LogP contribution in [0.1, 0.15) is 24.8 Å². The van der Waals surface area contributed by atoms with E-state index >= 15 is 0 Å². The molecule has 4 nitrogen and oxygen atoms in total. The average Bonchev–Trinajstić information content (AvgIpc) is 2.21. The normalized spacial score (nSPS) is 11.5. The molecule has 1 aromatic carbocycles. The smallest absolute Gasteiger partial charge is 0.226 e. The molecule has 4 heteroatoms. The summed E-state index contributed by atoms with van der Waals surface area (Å²) < 4.78 is 0. The summed E-state index contributed by atoms with van der Waals surface area (Å²) in [4.78, 5) is 13.9. The first-order valence-electron chi connectivity index (χ1n) is 4.43. The second kappa shape index (κ2) is 5.04. The van der Waals surface area contributed by atoms with Crippen LogP contribution in [0, 0.1) is 0 Å². The molecular weight excluding hydrogens is 178 g/mol. The summed E-state index contributed by atoms with van der Waals surface area (Å²) in [6, 6.07) is 9.33. The van der Waals surface area contributed by atoms with E-state index in [9.17, 15) is 4.79 Å². The van der Waals surface area contributed by atoms with E-state index in [4.69, 9.17) is 5.53 Å². The maximum Gasteiger partial charge on any atom is 0.226 e. The van der Waals surface area contributed by atoms with Crippen LogP contribution in [0.15, 0.2) is 35.4 Å². The van der Waals surface area contributed by atoms with Crippen LogP contribution in [0.25, 0.3) is 10.4 Å². The first-order chi connectivity index (χ1) is 6.79. The highest BCUT2D eigenvalue weighted by atomic mass is 16.1. The molecule has 1 aromatic rings. The number of carbonyl (C=O) groups excluding carboxylic acids is 1. The Bertz CT molecular complexity index is 355. The van der Waals surface area contributed by atoms with Gasteiger partial charge in [0.15, 0.2) is 0 Å². The molecule has 1 unspecified atom stereocenters. The predicted molar refractivity (Wildman–Crippen MR) is 53.6 cm³/mol. The van der Waals surface area contributed by atoms with Crippen molar-refractivity contribution >= 4 is 5.91 Å². The van der Waals surface area contributed by atoms with Crippen molar-refractivity contribution in [2.24, 2.45) is 5.11 Å². The molecule has 0 aromatic heterocycles. The second-order valence-corrected chi connectivity index (χ2v) is 2.90. The number of benzene rings is 1. The fraction of sp³-hybridized carbons (Fsp3) is 0.300. The van der Waals surface area contributed by atoms with E-state index in [-0.39, 0.29) is 5.92 Å². The summed E-state index contributed by atoms with van der Waals surface area (Å²) in [5, 5.41) is 3.11. The summed E-state index contributed by atoms with van der Waals surface area (Å²) in [6.45, 7) is 1.89. The Kier molecular flexibility index (Phi) is 3.70. The minimum Gasteiger partial charge on any atom is -0.292 e. The highest BCUT2D eigenvalue weighted by Gasteiger charge is 2.16. The fourth-order valence-electron chi connectivity index (χ4n) is 1.35. The number of amides is 1. The first kappa shape index (κ1) is 10.3. The highest BCUT2D eigenvalue weighted by molar-refractivity contribution is 5.84. The summed E-state index contributed by atoms with van der Waals surface area (Å²) in [7, 11) is 0. The second-order valence-electron chi connectivity index (χ2n) is 2.90. The van der Waals surface area contributed by atoms with Gasteiger partial charge in [0.25, 0.3) is 0 Å². The van der Waals surface area contributed by atoms with Crippen LogP contribution in [0.4, 0.5) is 0 Å². The van der Waals surface area contributed by atoms with Crippen LogP contribution in [0.3, 0.4) is 0 Å². The monoisotopic (exact) mass is 189 g/mol. The van der Waals surface area contributed by atoms with E-state index in [0.29, 0.717) is 6.42 Å². The number of azide groups is 1. The van der Waals surface area contributed by atoms with E-state index in [2.05, 4.69) is 10.0 Å². The molecular formula is C10H11N3O. The molecule has 0 aliphatic heterocycles. The molecule has 1 rings (SSSR count). The summed E-state index contributed by atoms with van der Waals surface area (Å²) in [6.07, 6.45) is 0.641. The Morgan fingerprint density at radius 2 is 2.14 bits per heavy atom. The third kappa shape index (κ3) is 2.34. The topological polar surface area (TPSA) is 65.8 Å². The molecule has 1 atom stereocenters. The summed E-state index contributed by atoms with van der Waals surface area (Å²) in [5.41, 5.74) is 9.06. The average molecular weight is 189 g/mol. The lowest BCUT2D eigenvalue weighted by Crippen LogP contribution is -2.08. The van der Waals surface area contributed by atoms with Gasteiger partial charge in [0.2, 0.25) is 5.91 Å².